The lowest BCUT2D eigenvalue weighted by molar-refractivity contribution is -0.118. The van der Waals surface area contributed by atoms with Crippen molar-refractivity contribution in [3.63, 3.8) is 0 Å². The number of hydrogen-bond donors (Lipinski definition) is 2. The van der Waals surface area contributed by atoms with Gasteiger partial charge in [0.05, 0.1) is 6.20 Å². The molecule has 2 aromatic rings. The van der Waals surface area contributed by atoms with Crippen LogP contribution in [0.4, 0.5) is 0 Å². The molecule has 2 heterocycles. The Balaban J connectivity index is 2.13. The van der Waals surface area contributed by atoms with E-state index in [-0.39, 0.29) is 5.91 Å². The molecular formula is C12H17N5O. The number of nitrogens with two attached hydrogens (primary N) is 1. The lowest BCUT2D eigenvalue weighted by Gasteiger charge is -2.14. The zero-order chi connectivity index (χ0) is 13.3. The normalized spacial score (nSPS) is 12.4. The van der Waals surface area contributed by atoms with E-state index in [0.717, 1.165) is 11.4 Å². The molecule has 0 radical (unpaired) electrons. The topological polar surface area (TPSA) is 77.9 Å². The molecule has 0 fully saturated rings. The molecule has 0 saturated heterocycles. The maximum atomic E-state index is 12.0. The molecule has 96 valence electrons. The third kappa shape index (κ3) is 2.28. The van der Waals surface area contributed by atoms with Crippen molar-refractivity contribution >= 4 is 5.91 Å². The summed E-state index contributed by atoms with van der Waals surface area (Å²) < 4.78 is 3.34. The first-order chi connectivity index (χ1) is 8.49. The van der Waals surface area contributed by atoms with Gasteiger partial charge >= 0.3 is 0 Å². The van der Waals surface area contributed by atoms with E-state index < -0.39 is 6.04 Å². The van der Waals surface area contributed by atoms with Crippen LogP contribution in [0.1, 0.15) is 23.0 Å². The van der Waals surface area contributed by atoms with Gasteiger partial charge in [0.1, 0.15) is 6.04 Å². The van der Waals surface area contributed by atoms with Crippen molar-refractivity contribution in [3.05, 3.63) is 41.5 Å². The number of carbonyl (C=O) groups is 1. The van der Waals surface area contributed by atoms with Crippen LogP contribution in [0.15, 0.2) is 24.5 Å². The lowest BCUT2D eigenvalue weighted by atomic mass is 10.2. The quantitative estimate of drug-likeness (QED) is 0.834. The highest BCUT2D eigenvalue weighted by Crippen LogP contribution is 2.10. The highest BCUT2D eigenvalue weighted by Gasteiger charge is 2.18. The summed E-state index contributed by atoms with van der Waals surface area (Å²) in [5, 5.41) is 4.00. The van der Waals surface area contributed by atoms with E-state index >= 15 is 0 Å². The van der Waals surface area contributed by atoms with Gasteiger partial charge in [0, 0.05) is 30.2 Å². The molecule has 2 aromatic heterocycles. The van der Waals surface area contributed by atoms with Gasteiger partial charge in [-0.05, 0) is 26.0 Å². The molecule has 0 aliphatic rings. The molecule has 0 saturated carbocycles. The highest BCUT2D eigenvalue weighted by atomic mass is 16.2. The summed E-state index contributed by atoms with van der Waals surface area (Å²) in [6, 6.07) is 3.15. The van der Waals surface area contributed by atoms with E-state index in [1.54, 1.807) is 28.8 Å². The minimum Gasteiger partial charge on any atom is -0.316 e. The molecule has 1 unspecified atom stereocenters. The third-order valence-electron chi connectivity index (χ3n) is 2.86. The Morgan fingerprint density at radius 1 is 1.39 bits per heavy atom. The summed E-state index contributed by atoms with van der Waals surface area (Å²) in [7, 11) is 1.79. The average molecular weight is 247 g/mol. The predicted molar refractivity (Wildman–Crippen MR) is 68.4 cm³/mol. The highest BCUT2D eigenvalue weighted by molar-refractivity contribution is 5.89. The third-order valence-corrected chi connectivity index (χ3v) is 2.86. The van der Waals surface area contributed by atoms with Gasteiger partial charge in [-0.1, -0.05) is 0 Å². The van der Waals surface area contributed by atoms with Crippen molar-refractivity contribution in [2.45, 2.75) is 19.9 Å². The van der Waals surface area contributed by atoms with Crippen LogP contribution in [0.3, 0.4) is 0 Å². The second kappa shape index (κ2) is 4.66. The van der Waals surface area contributed by atoms with Crippen molar-refractivity contribution in [2.75, 3.05) is 5.43 Å². The van der Waals surface area contributed by atoms with E-state index in [0.29, 0.717) is 5.56 Å². The summed E-state index contributed by atoms with van der Waals surface area (Å²) in [6.07, 6.45) is 3.33. The SMILES string of the molecule is Cc1ccc(C)n1NC(=O)C(N)c1cnn(C)c1. The van der Waals surface area contributed by atoms with Gasteiger partial charge in [-0.25, -0.2) is 0 Å². The first-order valence-electron chi connectivity index (χ1n) is 5.69. The molecule has 1 amide bonds. The number of amides is 1. The smallest absolute Gasteiger partial charge is 0.260 e. The Hall–Kier alpha value is -2.08. The Morgan fingerprint density at radius 2 is 2.00 bits per heavy atom. The van der Waals surface area contributed by atoms with Crippen LogP contribution in [0, 0.1) is 13.8 Å². The lowest BCUT2D eigenvalue weighted by Crippen LogP contribution is -2.33. The molecule has 0 bridgehead atoms. The van der Waals surface area contributed by atoms with Crippen molar-refractivity contribution in [1.82, 2.24) is 14.5 Å². The van der Waals surface area contributed by atoms with Crippen LogP contribution >= 0.6 is 0 Å². The summed E-state index contributed by atoms with van der Waals surface area (Å²) in [6.45, 7) is 3.84. The van der Waals surface area contributed by atoms with E-state index in [2.05, 4.69) is 10.5 Å². The van der Waals surface area contributed by atoms with Crippen LogP contribution in [-0.2, 0) is 11.8 Å². The molecule has 1 atom stereocenters. The minimum absolute atomic E-state index is 0.259. The predicted octanol–water partition coefficient (Wildman–Crippen LogP) is 0.609. The monoisotopic (exact) mass is 247 g/mol. The number of aromatic nitrogens is 3. The maximum absolute atomic E-state index is 12.0. The maximum Gasteiger partial charge on any atom is 0.260 e. The van der Waals surface area contributed by atoms with Gasteiger partial charge in [0.2, 0.25) is 0 Å². The van der Waals surface area contributed by atoms with Gasteiger partial charge in [-0.15, -0.1) is 0 Å². The number of nitrogens with one attached hydrogen (secondary N) is 1. The van der Waals surface area contributed by atoms with Crippen LogP contribution in [0.2, 0.25) is 0 Å². The van der Waals surface area contributed by atoms with Crippen LogP contribution < -0.4 is 11.2 Å². The molecule has 6 nitrogen and oxygen atoms in total. The van der Waals surface area contributed by atoms with Gasteiger partial charge in [0.15, 0.2) is 0 Å². The fraction of sp³-hybridized carbons (Fsp3) is 0.333. The van der Waals surface area contributed by atoms with E-state index in [4.69, 9.17) is 5.73 Å². The van der Waals surface area contributed by atoms with Gasteiger partial charge in [-0.2, -0.15) is 5.10 Å². The van der Waals surface area contributed by atoms with E-state index in [1.165, 1.54) is 0 Å². The summed E-state index contributed by atoms with van der Waals surface area (Å²) in [5.41, 5.74) is 11.3. The summed E-state index contributed by atoms with van der Waals surface area (Å²) in [5.74, 6) is -0.259. The fourth-order valence-corrected chi connectivity index (χ4v) is 1.78. The number of rotatable bonds is 3. The van der Waals surface area contributed by atoms with E-state index in [1.807, 2.05) is 26.0 Å². The second-order valence-corrected chi connectivity index (χ2v) is 4.35. The van der Waals surface area contributed by atoms with Crippen molar-refractivity contribution in [2.24, 2.45) is 12.8 Å². The van der Waals surface area contributed by atoms with Crippen molar-refractivity contribution in [1.29, 1.82) is 0 Å². The molecule has 3 N–H and O–H groups in total. The Labute approximate surface area is 105 Å². The minimum atomic E-state index is -0.722. The zero-order valence-electron chi connectivity index (χ0n) is 10.7. The Morgan fingerprint density at radius 3 is 2.50 bits per heavy atom. The first kappa shape index (κ1) is 12.4. The first-order valence-corrected chi connectivity index (χ1v) is 5.69. The Kier molecular flexibility index (Phi) is 3.20. The van der Waals surface area contributed by atoms with Crippen molar-refractivity contribution < 1.29 is 4.79 Å². The number of carbonyl (C=O) groups excluding carboxylic acids is 1. The molecule has 6 heteroatoms. The van der Waals surface area contributed by atoms with Gasteiger partial charge in [-0.3, -0.25) is 19.6 Å². The molecule has 0 aliphatic heterocycles. The Bertz CT molecular complexity index is 549. The molecule has 2 rings (SSSR count). The van der Waals surface area contributed by atoms with Gasteiger partial charge < -0.3 is 5.73 Å². The molecular weight excluding hydrogens is 230 g/mol. The number of aryl methyl sites for hydroxylation is 3. The summed E-state index contributed by atoms with van der Waals surface area (Å²) >= 11 is 0. The summed E-state index contributed by atoms with van der Waals surface area (Å²) in [4.78, 5) is 12.0. The van der Waals surface area contributed by atoms with Crippen molar-refractivity contribution in [3.8, 4) is 0 Å². The largest absolute Gasteiger partial charge is 0.316 e. The van der Waals surface area contributed by atoms with Gasteiger partial charge in [0.25, 0.3) is 5.91 Å². The second-order valence-electron chi connectivity index (χ2n) is 4.35. The zero-order valence-corrected chi connectivity index (χ0v) is 10.7. The van der Waals surface area contributed by atoms with E-state index in [9.17, 15) is 4.79 Å². The molecule has 18 heavy (non-hydrogen) atoms. The standard InChI is InChI=1S/C12H17N5O/c1-8-4-5-9(2)17(8)15-12(18)11(13)10-6-14-16(3)7-10/h4-7,11H,13H2,1-3H3,(H,15,18). The fourth-order valence-electron chi connectivity index (χ4n) is 1.78. The average Bonchev–Trinajstić information content (AvgIpc) is 2.89. The molecule has 0 aromatic carbocycles. The molecule has 0 spiro atoms. The number of hydrogen-bond acceptors (Lipinski definition) is 3. The van der Waals surface area contributed by atoms with Crippen LogP contribution in [0.25, 0.3) is 0 Å². The van der Waals surface area contributed by atoms with Crippen LogP contribution in [0.5, 0.6) is 0 Å². The number of nitrogens with zero attached hydrogens (tertiary/aromatic N) is 3. The molecule has 0 aliphatic carbocycles. The van der Waals surface area contributed by atoms with Crippen LogP contribution in [-0.4, -0.2) is 20.4 Å².